The van der Waals surface area contributed by atoms with E-state index in [-0.39, 0.29) is 17.0 Å². The van der Waals surface area contributed by atoms with Gasteiger partial charge in [0.2, 0.25) is 5.78 Å². The van der Waals surface area contributed by atoms with Crippen LogP contribution in [0.1, 0.15) is 62.3 Å². The number of aromatic nitrogens is 2. The lowest BCUT2D eigenvalue weighted by molar-refractivity contribution is -0.138. The Morgan fingerprint density at radius 2 is 1.88 bits per heavy atom. The molecule has 2 aromatic rings. The van der Waals surface area contributed by atoms with Gasteiger partial charge < -0.3 is 19.3 Å². The van der Waals surface area contributed by atoms with Gasteiger partial charge in [-0.05, 0) is 43.9 Å². The fourth-order valence-corrected chi connectivity index (χ4v) is 4.29. The molecule has 0 saturated heterocycles. The van der Waals surface area contributed by atoms with E-state index in [9.17, 15) is 24.6 Å². The van der Waals surface area contributed by atoms with E-state index in [1.807, 2.05) is 10.6 Å². The maximum absolute atomic E-state index is 13.2. The van der Waals surface area contributed by atoms with Gasteiger partial charge in [0.1, 0.15) is 0 Å². The Kier molecular flexibility index (Phi) is 3.35. The van der Waals surface area contributed by atoms with Gasteiger partial charge in [0.15, 0.2) is 0 Å². The quantitative estimate of drug-likeness (QED) is 0.828. The van der Waals surface area contributed by atoms with E-state index >= 15 is 0 Å². The number of hydrogen-bond acceptors (Lipinski definition) is 3. The van der Waals surface area contributed by atoms with Crippen molar-refractivity contribution in [3.63, 3.8) is 0 Å². The molecule has 2 N–H and O–H groups in total. The third kappa shape index (κ3) is 2.08. The van der Waals surface area contributed by atoms with Gasteiger partial charge in [-0.1, -0.05) is 0 Å². The van der Waals surface area contributed by atoms with Gasteiger partial charge in [0, 0.05) is 24.5 Å². The van der Waals surface area contributed by atoms with Gasteiger partial charge in [-0.2, -0.15) is 0 Å². The molecule has 0 aromatic carbocycles. The SMILES string of the molecule is Cc1c(C(=O)O)c2n(c1C(=O)c1ccc3n1CCC3)CCC2C(=O)O. The third-order valence-corrected chi connectivity index (χ3v) is 5.36. The van der Waals surface area contributed by atoms with Crippen LogP contribution in [0.5, 0.6) is 0 Å². The van der Waals surface area contributed by atoms with Crippen LogP contribution in [0.2, 0.25) is 0 Å². The molecule has 0 radical (unpaired) electrons. The maximum Gasteiger partial charge on any atom is 0.337 e. The summed E-state index contributed by atoms with van der Waals surface area (Å²) in [4.78, 5) is 36.4. The number of nitrogens with zero attached hydrogens (tertiary/aromatic N) is 2. The standard InChI is InChI=1S/C18H18N2O5/c1-9-13(18(24)25)15-11(17(22)23)6-8-20(15)14(9)16(21)12-5-4-10-3-2-7-19(10)12/h4-5,11H,2-3,6-8H2,1H3,(H,22,23)(H,24,25). The molecule has 25 heavy (non-hydrogen) atoms. The Bertz CT molecular complexity index is 934. The molecular weight excluding hydrogens is 324 g/mol. The van der Waals surface area contributed by atoms with Crippen LogP contribution in [-0.4, -0.2) is 37.1 Å². The summed E-state index contributed by atoms with van der Waals surface area (Å²) in [5.41, 5.74) is 2.52. The van der Waals surface area contributed by atoms with Crippen molar-refractivity contribution in [1.29, 1.82) is 0 Å². The van der Waals surface area contributed by atoms with E-state index < -0.39 is 17.9 Å². The fraction of sp³-hybridized carbons (Fsp3) is 0.389. The van der Waals surface area contributed by atoms with Gasteiger partial charge in [-0.25, -0.2) is 4.79 Å². The Balaban J connectivity index is 1.90. The van der Waals surface area contributed by atoms with Crippen molar-refractivity contribution in [1.82, 2.24) is 9.13 Å². The van der Waals surface area contributed by atoms with E-state index in [2.05, 4.69) is 0 Å². The van der Waals surface area contributed by atoms with Crippen molar-refractivity contribution in [3.05, 3.63) is 46.0 Å². The molecule has 0 fully saturated rings. The van der Waals surface area contributed by atoms with E-state index in [4.69, 9.17) is 0 Å². The van der Waals surface area contributed by atoms with Gasteiger partial charge >= 0.3 is 11.9 Å². The fourth-order valence-electron chi connectivity index (χ4n) is 4.29. The Hall–Kier alpha value is -2.83. The second-order valence-corrected chi connectivity index (χ2v) is 6.66. The van der Waals surface area contributed by atoms with Gasteiger partial charge in [-0.3, -0.25) is 9.59 Å². The minimum atomic E-state index is -1.19. The summed E-state index contributed by atoms with van der Waals surface area (Å²) in [5, 5.41) is 19.0. The lowest BCUT2D eigenvalue weighted by atomic mass is 9.98. The number of hydrogen-bond donors (Lipinski definition) is 2. The first-order valence-electron chi connectivity index (χ1n) is 8.34. The first-order valence-corrected chi connectivity index (χ1v) is 8.34. The van der Waals surface area contributed by atoms with Crippen molar-refractivity contribution < 1.29 is 24.6 Å². The number of aliphatic carboxylic acids is 1. The highest BCUT2D eigenvalue weighted by atomic mass is 16.4. The average Bonchev–Trinajstić information content (AvgIpc) is 3.24. The lowest BCUT2D eigenvalue weighted by Gasteiger charge is -2.09. The number of ketones is 1. The molecule has 2 aliphatic rings. The molecule has 0 spiro atoms. The first kappa shape index (κ1) is 15.7. The second kappa shape index (κ2) is 5.34. The zero-order valence-corrected chi connectivity index (χ0v) is 13.8. The molecule has 130 valence electrons. The number of carboxylic acids is 2. The second-order valence-electron chi connectivity index (χ2n) is 6.66. The summed E-state index contributed by atoms with van der Waals surface area (Å²) < 4.78 is 3.58. The topological polar surface area (TPSA) is 102 Å². The molecule has 4 rings (SSSR count). The summed E-state index contributed by atoms with van der Waals surface area (Å²) in [6.45, 7) is 2.71. The molecule has 1 atom stereocenters. The molecule has 0 amide bonds. The Morgan fingerprint density at radius 3 is 2.56 bits per heavy atom. The molecule has 2 aliphatic heterocycles. The number of carboxylic acid groups (broad SMARTS) is 2. The Morgan fingerprint density at radius 1 is 1.12 bits per heavy atom. The van der Waals surface area contributed by atoms with Crippen LogP contribution in [0, 0.1) is 6.92 Å². The summed E-state index contributed by atoms with van der Waals surface area (Å²) in [6.07, 6.45) is 2.22. The van der Waals surface area contributed by atoms with Crippen molar-refractivity contribution in [2.24, 2.45) is 0 Å². The maximum atomic E-state index is 13.2. The highest BCUT2D eigenvalue weighted by molar-refractivity contribution is 6.10. The molecule has 7 nitrogen and oxygen atoms in total. The zero-order chi connectivity index (χ0) is 17.9. The Labute approximate surface area is 143 Å². The molecule has 2 aromatic heterocycles. The van der Waals surface area contributed by atoms with Crippen molar-refractivity contribution in [3.8, 4) is 0 Å². The summed E-state index contributed by atoms with van der Waals surface area (Å²) >= 11 is 0. The zero-order valence-electron chi connectivity index (χ0n) is 13.8. The van der Waals surface area contributed by atoms with E-state index in [0.29, 0.717) is 29.9 Å². The minimum Gasteiger partial charge on any atom is -0.481 e. The number of aromatic carboxylic acids is 1. The number of aryl methyl sites for hydroxylation is 1. The van der Waals surface area contributed by atoms with Crippen molar-refractivity contribution in [2.75, 3.05) is 0 Å². The number of carbonyl (C=O) groups excluding carboxylic acids is 1. The smallest absolute Gasteiger partial charge is 0.337 e. The van der Waals surface area contributed by atoms with Crippen LogP contribution in [0.25, 0.3) is 0 Å². The first-order chi connectivity index (χ1) is 11.9. The summed E-state index contributed by atoms with van der Waals surface area (Å²) in [6, 6.07) is 3.71. The highest BCUT2D eigenvalue weighted by Gasteiger charge is 2.39. The van der Waals surface area contributed by atoms with Crippen LogP contribution in [0.3, 0.4) is 0 Å². The molecule has 4 heterocycles. The monoisotopic (exact) mass is 342 g/mol. The van der Waals surface area contributed by atoms with Gasteiger partial charge in [-0.15, -0.1) is 0 Å². The number of carbonyl (C=O) groups is 3. The van der Waals surface area contributed by atoms with Crippen molar-refractivity contribution in [2.45, 2.75) is 45.2 Å². The molecule has 0 saturated carbocycles. The van der Waals surface area contributed by atoms with Crippen LogP contribution >= 0.6 is 0 Å². The van der Waals surface area contributed by atoms with Crippen molar-refractivity contribution >= 4 is 17.7 Å². The highest BCUT2D eigenvalue weighted by Crippen LogP contribution is 2.38. The normalized spacial score (nSPS) is 18.2. The van der Waals surface area contributed by atoms with Crippen LogP contribution in [0.4, 0.5) is 0 Å². The predicted octanol–water partition coefficient (Wildman–Crippen LogP) is 2.05. The lowest BCUT2D eigenvalue weighted by Crippen LogP contribution is -2.14. The molecular formula is C18H18N2O5. The third-order valence-electron chi connectivity index (χ3n) is 5.36. The van der Waals surface area contributed by atoms with Crippen LogP contribution in [-0.2, 0) is 24.3 Å². The van der Waals surface area contributed by atoms with E-state index in [0.717, 1.165) is 25.1 Å². The largest absolute Gasteiger partial charge is 0.481 e. The molecule has 0 aliphatic carbocycles. The summed E-state index contributed by atoms with van der Waals surface area (Å²) in [5.74, 6) is -3.36. The molecule has 7 heteroatoms. The molecule has 0 bridgehead atoms. The summed E-state index contributed by atoms with van der Waals surface area (Å²) in [7, 11) is 0. The van der Waals surface area contributed by atoms with Crippen LogP contribution in [0.15, 0.2) is 12.1 Å². The average molecular weight is 342 g/mol. The van der Waals surface area contributed by atoms with E-state index in [1.54, 1.807) is 17.6 Å². The number of fused-ring (bicyclic) bond motifs is 2. The van der Waals surface area contributed by atoms with Gasteiger partial charge in [0.25, 0.3) is 0 Å². The predicted molar refractivity (Wildman–Crippen MR) is 87.3 cm³/mol. The minimum absolute atomic E-state index is 0.0403. The van der Waals surface area contributed by atoms with E-state index in [1.165, 1.54) is 0 Å². The molecule has 1 unspecified atom stereocenters. The van der Waals surface area contributed by atoms with Gasteiger partial charge in [0.05, 0.1) is 22.9 Å². The number of rotatable bonds is 4. The van der Waals surface area contributed by atoms with Crippen LogP contribution < -0.4 is 0 Å².